The van der Waals surface area contributed by atoms with Crippen LogP contribution in [0.4, 0.5) is 0 Å². The zero-order valence-corrected chi connectivity index (χ0v) is 24.7. The molecule has 1 amide bonds. The first-order valence-electron chi connectivity index (χ1n) is 14.9. The lowest BCUT2D eigenvalue weighted by molar-refractivity contribution is -0.228. The summed E-state index contributed by atoms with van der Waals surface area (Å²) >= 11 is 0. The molecular formula is C29H51NO7S. The van der Waals surface area contributed by atoms with Gasteiger partial charge >= 0.3 is 0 Å². The van der Waals surface area contributed by atoms with Crippen LogP contribution in [0.5, 0.6) is 0 Å². The molecule has 5 N–H and O–H groups in total. The lowest BCUT2D eigenvalue weighted by Gasteiger charge is -2.65. The maximum absolute atomic E-state index is 12.6. The molecule has 4 fully saturated rings. The van der Waals surface area contributed by atoms with Crippen molar-refractivity contribution >= 4 is 16.0 Å². The van der Waals surface area contributed by atoms with Crippen molar-refractivity contribution in [2.24, 2.45) is 58.2 Å². The van der Waals surface area contributed by atoms with E-state index in [0.29, 0.717) is 12.8 Å². The highest BCUT2D eigenvalue weighted by atomic mass is 32.2. The first-order valence-corrected chi connectivity index (χ1v) is 16.5. The van der Waals surface area contributed by atoms with E-state index in [4.69, 9.17) is 4.55 Å². The second-order valence-corrected chi connectivity index (χ2v) is 15.5. The molecule has 4 unspecified atom stereocenters. The Balaban J connectivity index is 1.51. The van der Waals surface area contributed by atoms with Crippen molar-refractivity contribution in [1.29, 1.82) is 0 Å². The monoisotopic (exact) mass is 557 g/mol. The molecular weight excluding hydrogens is 506 g/mol. The Morgan fingerprint density at radius 3 is 2.34 bits per heavy atom. The number of hydrogen-bond donors (Lipinski definition) is 5. The summed E-state index contributed by atoms with van der Waals surface area (Å²) in [7, 11) is -4.12. The Bertz CT molecular complexity index is 974. The quantitative estimate of drug-likeness (QED) is 0.288. The van der Waals surface area contributed by atoms with E-state index in [0.717, 1.165) is 38.5 Å². The molecule has 4 aliphatic rings. The number of fused-ring (bicyclic) bond motifs is 5. The Kier molecular flexibility index (Phi) is 8.68. The van der Waals surface area contributed by atoms with E-state index >= 15 is 0 Å². The van der Waals surface area contributed by atoms with Gasteiger partial charge in [-0.05, 0) is 97.2 Å². The third-order valence-corrected chi connectivity index (χ3v) is 12.8. The maximum Gasteiger partial charge on any atom is 0.266 e. The van der Waals surface area contributed by atoms with E-state index in [-0.39, 0.29) is 76.7 Å². The third kappa shape index (κ3) is 5.19. The Hall–Kier alpha value is -0.740. The van der Waals surface area contributed by atoms with E-state index in [1.54, 1.807) is 0 Å². The molecule has 0 radical (unpaired) electrons. The molecule has 9 heteroatoms. The van der Waals surface area contributed by atoms with Gasteiger partial charge in [-0.15, -0.1) is 0 Å². The molecule has 38 heavy (non-hydrogen) atoms. The van der Waals surface area contributed by atoms with Crippen LogP contribution in [0.2, 0.25) is 0 Å². The fourth-order valence-corrected chi connectivity index (χ4v) is 10.6. The van der Waals surface area contributed by atoms with Gasteiger partial charge in [-0.2, -0.15) is 8.42 Å². The lowest BCUT2D eigenvalue weighted by Crippen LogP contribution is -2.65. The largest absolute Gasteiger partial charge is 0.393 e. The summed E-state index contributed by atoms with van der Waals surface area (Å²) in [6.07, 6.45) is 5.43. The number of hydrogen-bond acceptors (Lipinski definition) is 6. The molecule has 4 aliphatic carbocycles. The number of amides is 1. The fraction of sp³-hybridized carbons (Fsp3) is 0.966. The van der Waals surface area contributed by atoms with Crippen LogP contribution in [0.25, 0.3) is 0 Å². The van der Waals surface area contributed by atoms with Gasteiger partial charge in [0, 0.05) is 12.5 Å². The highest BCUT2D eigenvalue weighted by Gasteiger charge is 2.67. The number of aliphatic hydroxyl groups excluding tert-OH is 3. The zero-order valence-electron chi connectivity index (χ0n) is 23.8. The first-order chi connectivity index (χ1) is 17.6. The molecule has 0 aromatic rings. The predicted molar refractivity (Wildman–Crippen MR) is 146 cm³/mol. The summed E-state index contributed by atoms with van der Waals surface area (Å²) in [5.74, 6) is 0.401. The van der Waals surface area contributed by atoms with Crippen LogP contribution in [0.1, 0.15) is 86.0 Å². The number of carbonyl (C=O) groups excluding carboxylic acids is 1. The van der Waals surface area contributed by atoms with Crippen molar-refractivity contribution in [1.82, 2.24) is 5.32 Å². The first kappa shape index (κ1) is 30.2. The number of rotatable bonds is 8. The average Bonchev–Trinajstić information content (AvgIpc) is 3.19. The van der Waals surface area contributed by atoms with E-state index in [9.17, 15) is 28.5 Å². The van der Waals surface area contributed by atoms with Gasteiger partial charge < -0.3 is 20.6 Å². The van der Waals surface area contributed by atoms with Crippen molar-refractivity contribution in [3.63, 3.8) is 0 Å². The van der Waals surface area contributed by atoms with E-state index in [1.165, 1.54) is 0 Å². The predicted octanol–water partition coefficient (Wildman–Crippen LogP) is 3.25. The minimum absolute atomic E-state index is 0.0183. The van der Waals surface area contributed by atoms with Crippen LogP contribution in [-0.2, 0) is 14.9 Å². The van der Waals surface area contributed by atoms with Crippen LogP contribution < -0.4 is 5.32 Å². The minimum atomic E-state index is -4.12. The zero-order chi connectivity index (χ0) is 28.2. The average molecular weight is 558 g/mol. The van der Waals surface area contributed by atoms with E-state index in [2.05, 4.69) is 33.0 Å². The summed E-state index contributed by atoms with van der Waals surface area (Å²) in [5.41, 5.74) is -0.317. The van der Waals surface area contributed by atoms with Crippen LogP contribution in [0, 0.1) is 58.2 Å². The van der Waals surface area contributed by atoms with Crippen molar-refractivity contribution in [2.45, 2.75) is 104 Å². The van der Waals surface area contributed by atoms with Crippen LogP contribution in [0.15, 0.2) is 0 Å². The minimum Gasteiger partial charge on any atom is -0.393 e. The maximum atomic E-state index is 12.6. The van der Waals surface area contributed by atoms with Crippen molar-refractivity contribution < 1.29 is 33.1 Å². The highest BCUT2D eigenvalue weighted by molar-refractivity contribution is 7.85. The van der Waals surface area contributed by atoms with Gasteiger partial charge in [0.25, 0.3) is 10.1 Å². The van der Waals surface area contributed by atoms with Crippen molar-refractivity contribution in [2.75, 3.05) is 12.3 Å². The topological polar surface area (TPSA) is 144 Å². The van der Waals surface area contributed by atoms with Gasteiger partial charge in [0.05, 0.1) is 24.1 Å². The van der Waals surface area contributed by atoms with E-state index < -0.39 is 28.1 Å². The van der Waals surface area contributed by atoms with Crippen molar-refractivity contribution in [3.8, 4) is 0 Å². The van der Waals surface area contributed by atoms with Crippen LogP contribution in [0.3, 0.4) is 0 Å². The second-order valence-electron chi connectivity index (χ2n) is 13.9. The Labute approximate surface area is 229 Å². The van der Waals surface area contributed by atoms with Gasteiger partial charge in [-0.1, -0.05) is 41.0 Å². The lowest BCUT2D eigenvalue weighted by atomic mass is 9.41. The summed E-state index contributed by atoms with van der Waals surface area (Å²) in [6, 6.07) is 0. The number of nitrogens with one attached hydrogen (secondary N) is 1. The van der Waals surface area contributed by atoms with E-state index in [1.807, 2.05) is 6.92 Å². The Morgan fingerprint density at radius 2 is 1.71 bits per heavy atom. The second kappa shape index (κ2) is 10.9. The molecule has 0 heterocycles. The third-order valence-electron chi connectivity index (χ3n) is 12.1. The molecule has 13 atom stereocenters. The summed E-state index contributed by atoms with van der Waals surface area (Å²) < 4.78 is 30.8. The highest BCUT2D eigenvalue weighted by Crippen LogP contribution is 2.69. The molecule has 4 saturated carbocycles. The number of carbonyl (C=O) groups is 1. The SMILES string of the molecule is CC[C@H]1[C@H](O)C2C3CC[C@H]([C@@H](C)CC(C)C(=O)NCCS(=O)(=O)O)[C@@]3(C)[C@@H](O)CC2[C@@]2(C)CC[C@@H](O)C[C@@H]12. The molecule has 0 saturated heterocycles. The molecule has 0 aromatic heterocycles. The molecule has 220 valence electrons. The van der Waals surface area contributed by atoms with Gasteiger partial charge in [0.1, 0.15) is 0 Å². The van der Waals surface area contributed by atoms with Gasteiger partial charge in [0.2, 0.25) is 5.91 Å². The molecule has 0 spiro atoms. The fourth-order valence-electron chi connectivity index (χ4n) is 10.2. The summed E-state index contributed by atoms with van der Waals surface area (Å²) in [4.78, 5) is 12.6. The molecule has 0 bridgehead atoms. The smallest absolute Gasteiger partial charge is 0.266 e. The molecule has 8 nitrogen and oxygen atoms in total. The van der Waals surface area contributed by atoms with Gasteiger partial charge in [0.15, 0.2) is 0 Å². The normalized spacial score (nSPS) is 46.4. The summed E-state index contributed by atoms with van der Waals surface area (Å²) in [5, 5.41) is 36.8. The number of aliphatic hydroxyl groups is 3. The molecule has 4 rings (SSSR count). The molecule has 0 aliphatic heterocycles. The standard InChI is InChI=1S/C29H51NO7S/c1-6-19-22-14-18(31)9-10-28(22,4)23-15-24(32)29(5)20(7-8-21(29)25(23)26(19)33)16(2)13-17(3)27(34)30-11-12-38(35,36)37/h16-26,31-33H,6-15H2,1-5H3,(H,30,34)(H,35,36,37)/t16-,17?,18+,19+,20+,21?,22-,23?,24-,25?,26-,28-,29+/m0/s1. The van der Waals surface area contributed by atoms with Gasteiger partial charge in [-0.25, -0.2) is 0 Å². The Morgan fingerprint density at radius 1 is 1.03 bits per heavy atom. The van der Waals surface area contributed by atoms with Crippen LogP contribution in [-0.4, -0.2) is 64.8 Å². The molecule has 0 aromatic carbocycles. The van der Waals surface area contributed by atoms with Crippen molar-refractivity contribution in [3.05, 3.63) is 0 Å². The van der Waals surface area contributed by atoms with Crippen LogP contribution >= 0.6 is 0 Å². The summed E-state index contributed by atoms with van der Waals surface area (Å²) in [6.45, 7) is 10.6. The van der Waals surface area contributed by atoms with Gasteiger partial charge in [-0.3, -0.25) is 9.35 Å².